The van der Waals surface area contributed by atoms with Crippen LogP contribution in [-0.4, -0.2) is 31.6 Å². The van der Waals surface area contributed by atoms with E-state index in [-0.39, 0.29) is 17.1 Å². The molecule has 136 valence electrons. The lowest BCUT2D eigenvalue weighted by Gasteiger charge is -2.16. The Bertz CT molecular complexity index is 945. The third-order valence-corrected chi connectivity index (χ3v) is 5.98. The van der Waals surface area contributed by atoms with Gasteiger partial charge in [-0.15, -0.1) is 11.3 Å². The molecule has 3 aromatic rings. The summed E-state index contributed by atoms with van der Waals surface area (Å²) in [4.78, 5) is 31.8. The van der Waals surface area contributed by atoms with Crippen molar-refractivity contribution in [2.24, 2.45) is 0 Å². The second-order valence-electron chi connectivity index (χ2n) is 7.02. The van der Waals surface area contributed by atoms with Crippen LogP contribution in [0.3, 0.4) is 0 Å². The van der Waals surface area contributed by atoms with E-state index in [9.17, 15) is 4.79 Å². The summed E-state index contributed by atoms with van der Waals surface area (Å²) >= 11 is 3.07. The van der Waals surface area contributed by atoms with Gasteiger partial charge in [-0.25, -0.2) is 19.9 Å². The molecule has 0 fully saturated rings. The van der Waals surface area contributed by atoms with Crippen LogP contribution in [0.15, 0.2) is 23.7 Å². The predicted octanol–water partition coefficient (Wildman–Crippen LogP) is 4.13. The molecule has 0 unspecified atom stereocenters. The molecule has 0 aromatic carbocycles. The second-order valence-corrected chi connectivity index (χ2v) is 9.19. The van der Waals surface area contributed by atoms with Crippen LogP contribution in [0, 0.1) is 13.8 Å². The van der Waals surface area contributed by atoms with Crippen molar-refractivity contribution < 1.29 is 4.79 Å². The van der Waals surface area contributed by atoms with E-state index in [0.29, 0.717) is 5.69 Å². The fraction of sp³-hybridized carbons (Fsp3) is 0.389. The predicted molar refractivity (Wildman–Crippen MR) is 107 cm³/mol. The van der Waals surface area contributed by atoms with Gasteiger partial charge in [-0.1, -0.05) is 32.5 Å². The van der Waals surface area contributed by atoms with Gasteiger partial charge in [0.2, 0.25) is 5.91 Å². The zero-order chi connectivity index (χ0) is 18.9. The maximum atomic E-state index is 12.3. The number of amides is 1. The zero-order valence-electron chi connectivity index (χ0n) is 15.5. The van der Waals surface area contributed by atoms with E-state index < -0.39 is 0 Å². The molecule has 0 saturated carbocycles. The van der Waals surface area contributed by atoms with Crippen molar-refractivity contribution in [3.63, 3.8) is 0 Å². The minimum absolute atomic E-state index is 0.113. The molecule has 0 saturated heterocycles. The third kappa shape index (κ3) is 4.02. The number of nitrogens with zero attached hydrogens (tertiary/aromatic N) is 4. The maximum absolute atomic E-state index is 12.3. The molecule has 0 spiro atoms. The quantitative estimate of drug-likeness (QED) is 0.536. The number of carbonyl (C=O) groups is 1. The van der Waals surface area contributed by atoms with Gasteiger partial charge >= 0.3 is 0 Å². The van der Waals surface area contributed by atoms with Crippen LogP contribution in [-0.2, 0) is 10.2 Å². The Morgan fingerprint density at radius 3 is 2.50 bits per heavy atom. The molecule has 8 heteroatoms. The number of thioether (sulfide) groups is 1. The van der Waals surface area contributed by atoms with Crippen LogP contribution < -0.4 is 5.32 Å². The molecule has 0 radical (unpaired) electrons. The molecular formula is C18H21N5OS2. The van der Waals surface area contributed by atoms with Gasteiger partial charge in [0.1, 0.15) is 22.0 Å². The minimum Gasteiger partial charge on any atom is -0.323 e. The van der Waals surface area contributed by atoms with Crippen LogP contribution in [0.2, 0.25) is 0 Å². The SMILES string of the molecule is Cc1sc2ncnc(SCC(=O)Nc3cnc(C(C)(C)C)nc3)c2c1C. The van der Waals surface area contributed by atoms with Crippen LogP contribution in [0.1, 0.15) is 37.0 Å². The van der Waals surface area contributed by atoms with E-state index in [1.807, 2.05) is 20.8 Å². The average molecular weight is 388 g/mol. The molecular weight excluding hydrogens is 366 g/mol. The monoisotopic (exact) mass is 387 g/mol. The molecule has 3 heterocycles. The molecule has 1 N–H and O–H groups in total. The summed E-state index contributed by atoms with van der Waals surface area (Å²) in [7, 11) is 0. The fourth-order valence-corrected chi connectivity index (χ4v) is 4.29. The minimum atomic E-state index is -0.118. The summed E-state index contributed by atoms with van der Waals surface area (Å²) in [5, 5.41) is 4.72. The largest absolute Gasteiger partial charge is 0.323 e. The average Bonchev–Trinajstić information content (AvgIpc) is 2.88. The Balaban J connectivity index is 1.66. The Morgan fingerprint density at radius 2 is 1.85 bits per heavy atom. The van der Waals surface area contributed by atoms with E-state index in [1.54, 1.807) is 30.1 Å². The number of aryl methyl sites for hydroxylation is 2. The molecule has 0 aliphatic carbocycles. The van der Waals surface area contributed by atoms with E-state index in [2.05, 4.69) is 39.1 Å². The number of hydrogen-bond donors (Lipinski definition) is 1. The van der Waals surface area contributed by atoms with E-state index in [4.69, 9.17) is 0 Å². The highest BCUT2D eigenvalue weighted by Crippen LogP contribution is 2.34. The number of fused-ring (bicyclic) bond motifs is 1. The molecule has 1 amide bonds. The Morgan fingerprint density at radius 1 is 1.15 bits per heavy atom. The van der Waals surface area contributed by atoms with Gasteiger partial charge < -0.3 is 5.32 Å². The summed E-state index contributed by atoms with van der Waals surface area (Å²) < 4.78 is 0. The topological polar surface area (TPSA) is 80.7 Å². The summed E-state index contributed by atoms with van der Waals surface area (Å²) in [5.74, 6) is 0.900. The molecule has 0 aliphatic rings. The normalized spacial score (nSPS) is 11.7. The lowest BCUT2D eigenvalue weighted by atomic mass is 9.96. The number of anilines is 1. The first-order chi connectivity index (χ1) is 12.3. The first-order valence-corrected chi connectivity index (χ1v) is 10.0. The number of carbonyl (C=O) groups excluding carboxylic acids is 1. The smallest absolute Gasteiger partial charge is 0.234 e. The van der Waals surface area contributed by atoms with Crippen molar-refractivity contribution in [3.8, 4) is 0 Å². The number of hydrogen-bond acceptors (Lipinski definition) is 7. The van der Waals surface area contributed by atoms with Crippen LogP contribution in [0.4, 0.5) is 5.69 Å². The summed E-state index contributed by atoms with van der Waals surface area (Å²) in [6, 6.07) is 0. The van der Waals surface area contributed by atoms with Crippen molar-refractivity contribution in [1.82, 2.24) is 19.9 Å². The first-order valence-electron chi connectivity index (χ1n) is 8.21. The van der Waals surface area contributed by atoms with E-state index >= 15 is 0 Å². The van der Waals surface area contributed by atoms with Gasteiger partial charge in [-0.2, -0.15) is 0 Å². The summed E-state index contributed by atoms with van der Waals surface area (Å²) in [6.45, 7) is 10.3. The molecule has 3 rings (SSSR count). The number of nitrogens with one attached hydrogen (secondary N) is 1. The molecule has 0 atom stereocenters. The molecule has 6 nitrogen and oxygen atoms in total. The van der Waals surface area contributed by atoms with Gasteiger partial charge in [0, 0.05) is 15.7 Å². The van der Waals surface area contributed by atoms with Gasteiger partial charge in [-0.05, 0) is 19.4 Å². The van der Waals surface area contributed by atoms with E-state index in [0.717, 1.165) is 21.1 Å². The lowest BCUT2D eigenvalue weighted by Crippen LogP contribution is -2.18. The second kappa shape index (κ2) is 7.28. The van der Waals surface area contributed by atoms with Gasteiger partial charge in [0.05, 0.1) is 23.8 Å². The van der Waals surface area contributed by atoms with Crippen LogP contribution in [0.5, 0.6) is 0 Å². The van der Waals surface area contributed by atoms with Gasteiger partial charge in [-0.3, -0.25) is 4.79 Å². The van der Waals surface area contributed by atoms with Crippen molar-refractivity contribution in [3.05, 3.63) is 35.0 Å². The molecule has 3 aromatic heterocycles. The standard InChI is InChI=1S/C18H21N5OS2/c1-10-11(2)26-16-14(10)15(21-9-22-16)25-8-13(24)23-12-6-19-17(20-7-12)18(3,4)5/h6-7,9H,8H2,1-5H3,(H,23,24). The van der Waals surface area contributed by atoms with Crippen molar-refractivity contribution >= 4 is 44.9 Å². The Kier molecular flexibility index (Phi) is 5.24. The van der Waals surface area contributed by atoms with Crippen LogP contribution >= 0.6 is 23.1 Å². The zero-order valence-corrected chi connectivity index (χ0v) is 17.1. The third-order valence-electron chi connectivity index (χ3n) is 3.88. The van der Waals surface area contributed by atoms with Crippen molar-refractivity contribution in [1.29, 1.82) is 0 Å². The maximum Gasteiger partial charge on any atom is 0.234 e. The van der Waals surface area contributed by atoms with Crippen LogP contribution in [0.25, 0.3) is 10.2 Å². The Labute approximate surface area is 160 Å². The first kappa shape index (κ1) is 18.7. The summed E-state index contributed by atoms with van der Waals surface area (Å²) in [5.41, 5.74) is 1.66. The molecule has 0 bridgehead atoms. The summed E-state index contributed by atoms with van der Waals surface area (Å²) in [6.07, 6.45) is 4.84. The molecule has 26 heavy (non-hydrogen) atoms. The number of rotatable bonds is 4. The Hall–Kier alpha value is -2.06. The van der Waals surface area contributed by atoms with Crippen molar-refractivity contribution in [2.75, 3.05) is 11.1 Å². The number of aromatic nitrogens is 4. The lowest BCUT2D eigenvalue weighted by molar-refractivity contribution is -0.113. The fourth-order valence-electron chi connectivity index (χ4n) is 2.37. The van der Waals surface area contributed by atoms with E-state index in [1.165, 1.54) is 22.2 Å². The van der Waals surface area contributed by atoms with Gasteiger partial charge in [0.25, 0.3) is 0 Å². The highest BCUT2D eigenvalue weighted by atomic mass is 32.2. The van der Waals surface area contributed by atoms with Crippen molar-refractivity contribution in [2.45, 2.75) is 45.1 Å². The number of thiophene rings is 1. The highest BCUT2D eigenvalue weighted by molar-refractivity contribution is 8.00. The molecule has 0 aliphatic heterocycles. The highest BCUT2D eigenvalue weighted by Gasteiger charge is 2.17. The van der Waals surface area contributed by atoms with Gasteiger partial charge in [0.15, 0.2) is 0 Å².